The maximum atomic E-state index is 12.4. The third-order valence-electron chi connectivity index (χ3n) is 4.22. The molecule has 1 saturated heterocycles. The van der Waals surface area contributed by atoms with Gasteiger partial charge >= 0.3 is 18.0 Å². The van der Waals surface area contributed by atoms with Gasteiger partial charge in [-0.05, 0) is 31.6 Å². The van der Waals surface area contributed by atoms with E-state index in [0.29, 0.717) is 13.1 Å². The molecule has 1 aromatic carbocycles. The average molecular weight is 449 g/mol. The van der Waals surface area contributed by atoms with Crippen molar-refractivity contribution in [3.8, 4) is 17.6 Å². The molecule has 1 aromatic rings. The topological polar surface area (TPSA) is 179 Å². The summed E-state index contributed by atoms with van der Waals surface area (Å²) < 4.78 is 18.8. The number of nitro benzene ring substituents is 1. The first-order valence-corrected chi connectivity index (χ1v) is 9.30. The number of cyclic esters (lactones) is 2. The molecule has 13 heteroatoms. The molecule has 0 aliphatic carbocycles. The van der Waals surface area contributed by atoms with Gasteiger partial charge in [0, 0.05) is 19.2 Å². The minimum absolute atomic E-state index is 0.0486. The third-order valence-corrected chi connectivity index (χ3v) is 4.22. The average Bonchev–Trinajstić information content (AvgIpc) is 3.18. The van der Waals surface area contributed by atoms with Crippen molar-refractivity contribution in [2.75, 3.05) is 26.3 Å². The van der Waals surface area contributed by atoms with Crippen molar-refractivity contribution >= 4 is 30.0 Å². The van der Waals surface area contributed by atoms with Gasteiger partial charge in [-0.15, -0.1) is 0 Å². The molecule has 1 amide bonds. The van der Waals surface area contributed by atoms with Gasteiger partial charge in [0.05, 0.1) is 4.92 Å². The van der Waals surface area contributed by atoms with E-state index in [2.05, 4.69) is 9.47 Å². The summed E-state index contributed by atoms with van der Waals surface area (Å²) in [5, 5.41) is 30.7. The molecule has 1 atom stereocenters. The van der Waals surface area contributed by atoms with Crippen LogP contribution in [0.1, 0.15) is 19.4 Å². The maximum absolute atomic E-state index is 12.4. The molecule has 1 fully saturated rings. The van der Waals surface area contributed by atoms with E-state index in [1.165, 1.54) is 4.90 Å². The second-order valence-electron chi connectivity index (χ2n) is 6.26. The number of nitrogens with zero attached hydrogens (tertiary/aromatic N) is 3. The Bertz CT molecular complexity index is 994. The van der Waals surface area contributed by atoms with Gasteiger partial charge in [0.2, 0.25) is 5.75 Å². The zero-order valence-corrected chi connectivity index (χ0v) is 17.1. The number of phenolic OH excluding ortho intramolecular Hbond substituents is 1. The highest BCUT2D eigenvalue weighted by Gasteiger charge is 2.28. The molecule has 0 spiro atoms. The van der Waals surface area contributed by atoms with Gasteiger partial charge in [0.25, 0.3) is 5.91 Å². The molecular weight excluding hydrogens is 430 g/mol. The van der Waals surface area contributed by atoms with Crippen LogP contribution in [0.4, 0.5) is 15.3 Å². The monoisotopic (exact) mass is 449 g/mol. The van der Waals surface area contributed by atoms with E-state index in [9.17, 15) is 34.9 Å². The number of likely N-dealkylation sites (N-methyl/N-ethyl adjacent to an activating group) is 1. The van der Waals surface area contributed by atoms with E-state index in [1.54, 1.807) is 19.9 Å². The first-order valence-electron chi connectivity index (χ1n) is 9.30. The second kappa shape index (κ2) is 10.6. The predicted octanol–water partition coefficient (Wildman–Crippen LogP) is 2.13. The number of benzene rings is 1. The number of carbonyl (C=O) groups is 3. The molecule has 1 aliphatic rings. The maximum Gasteiger partial charge on any atom is 0.514 e. The molecule has 1 unspecified atom stereocenters. The molecule has 1 heterocycles. The van der Waals surface area contributed by atoms with Crippen molar-refractivity contribution in [1.29, 1.82) is 5.26 Å². The standard InChI is InChI=1S/C19H19N3O10/c1-3-21(4-2)17(24)12(8-20)5-11-6-14(22(27)28)16(23)15(7-11)32-19(26)30-10-13-9-29-18(25)31-13/h5-7,13,23H,3-4,9-10H2,1-2H3/b12-5+. The van der Waals surface area contributed by atoms with Gasteiger partial charge in [-0.3, -0.25) is 14.9 Å². The molecule has 32 heavy (non-hydrogen) atoms. The van der Waals surface area contributed by atoms with Crippen LogP contribution in [0.25, 0.3) is 6.08 Å². The number of nitro groups is 1. The number of phenols is 1. The van der Waals surface area contributed by atoms with E-state index in [4.69, 9.17) is 9.47 Å². The molecule has 0 radical (unpaired) electrons. The van der Waals surface area contributed by atoms with E-state index < -0.39 is 53.0 Å². The van der Waals surface area contributed by atoms with Crippen LogP contribution in [0.2, 0.25) is 0 Å². The fraction of sp³-hybridized carbons (Fsp3) is 0.368. The van der Waals surface area contributed by atoms with Crippen molar-refractivity contribution in [2.45, 2.75) is 20.0 Å². The zero-order valence-electron chi connectivity index (χ0n) is 17.1. The molecule has 0 saturated carbocycles. The largest absolute Gasteiger partial charge is 0.514 e. The SMILES string of the molecule is CCN(CC)C(=O)/C(C#N)=C/c1cc(OC(=O)OCC2COC(=O)O2)c(O)c([N+](=O)[O-])c1. The summed E-state index contributed by atoms with van der Waals surface area (Å²) >= 11 is 0. The van der Waals surface area contributed by atoms with Crippen LogP contribution in [-0.2, 0) is 19.0 Å². The summed E-state index contributed by atoms with van der Waals surface area (Å²) in [6.45, 7) is 3.57. The van der Waals surface area contributed by atoms with Gasteiger partial charge in [-0.2, -0.15) is 5.26 Å². The number of aromatic hydroxyl groups is 1. The second-order valence-corrected chi connectivity index (χ2v) is 6.26. The number of nitriles is 1. The van der Waals surface area contributed by atoms with Crippen LogP contribution in [0.5, 0.6) is 11.5 Å². The van der Waals surface area contributed by atoms with Crippen molar-refractivity contribution in [1.82, 2.24) is 4.90 Å². The Morgan fingerprint density at radius 2 is 2.09 bits per heavy atom. The van der Waals surface area contributed by atoms with E-state index in [1.807, 2.05) is 0 Å². The Morgan fingerprint density at radius 3 is 2.62 bits per heavy atom. The number of carbonyl (C=O) groups excluding carboxylic acids is 3. The highest BCUT2D eigenvalue weighted by atomic mass is 16.8. The minimum atomic E-state index is -1.35. The first kappa shape index (κ1) is 23.9. The first-order chi connectivity index (χ1) is 15.2. The number of hydrogen-bond donors (Lipinski definition) is 1. The van der Waals surface area contributed by atoms with Gasteiger partial charge in [-0.1, -0.05) is 0 Å². The number of rotatable bonds is 8. The Hall–Kier alpha value is -4.34. The molecular formula is C19H19N3O10. The zero-order chi connectivity index (χ0) is 23.8. The molecule has 1 N–H and O–H groups in total. The van der Waals surface area contributed by atoms with E-state index >= 15 is 0 Å². The Morgan fingerprint density at radius 1 is 1.41 bits per heavy atom. The van der Waals surface area contributed by atoms with Gasteiger partial charge in [-0.25, -0.2) is 9.59 Å². The van der Waals surface area contributed by atoms with Crippen molar-refractivity contribution < 1.29 is 43.4 Å². The lowest BCUT2D eigenvalue weighted by molar-refractivity contribution is -0.385. The van der Waals surface area contributed by atoms with Crippen LogP contribution < -0.4 is 4.74 Å². The summed E-state index contributed by atoms with van der Waals surface area (Å²) in [7, 11) is 0. The Balaban J connectivity index is 2.29. The lowest BCUT2D eigenvalue weighted by Crippen LogP contribution is -2.31. The van der Waals surface area contributed by atoms with Gasteiger partial charge in [0.1, 0.15) is 24.9 Å². The minimum Gasteiger partial charge on any atom is -0.499 e. The lowest BCUT2D eigenvalue weighted by atomic mass is 10.1. The summed E-state index contributed by atoms with van der Waals surface area (Å²) in [5.41, 5.74) is -1.19. The molecule has 170 valence electrons. The quantitative estimate of drug-likeness (QED) is 0.153. The van der Waals surface area contributed by atoms with Gasteiger partial charge in [0.15, 0.2) is 11.9 Å². The van der Waals surface area contributed by atoms with E-state index in [-0.39, 0.29) is 17.7 Å². The van der Waals surface area contributed by atoms with Gasteiger partial charge < -0.3 is 29.0 Å². The number of amides is 1. The summed E-state index contributed by atoms with van der Waals surface area (Å²) in [4.78, 5) is 46.9. The number of hydrogen-bond acceptors (Lipinski definition) is 11. The highest BCUT2D eigenvalue weighted by Crippen LogP contribution is 2.38. The fourth-order valence-electron chi connectivity index (χ4n) is 2.63. The molecule has 13 nitrogen and oxygen atoms in total. The third kappa shape index (κ3) is 5.85. The molecule has 2 rings (SSSR count). The molecule has 0 bridgehead atoms. The number of ether oxygens (including phenoxy) is 4. The van der Waals surface area contributed by atoms with Crippen LogP contribution in [0, 0.1) is 21.4 Å². The van der Waals surface area contributed by atoms with Crippen LogP contribution in [-0.4, -0.2) is 65.6 Å². The van der Waals surface area contributed by atoms with E-state index in [0.717, 1.165) is 18.2 Å². The summed E-state index contributed by atoms with van der Waals surface area (Å²) in [5.74, 6) is -2.19. The molecule has 0 aromatic heterocycles. The van der Waals surface area contributed by atoms with Crippen LogP contribution >= 0.6 is 0 Å². The summed E-state index contributed by atoms with van der Waals surface area (Å²) in [6.07, 6.45) is -2.05. The van der Waals surface area contributed by atoms with Crippen molar-refractivity contribution in [3.63, 3.8) is 0 Å². The van der Waals surface area contributed by atoms with Crippen molar-refractivity contribution in [2.24, 2.45) is 0 Å². The normalized spacial score (nSPS) is 15.2. The smallest absolute Gasteiger partial charge is 0.499 e. The van der Waals surface area contributed by atoms with Crippen LogP contribution in [0.15, 0.2) is 17.7 Å². The Kier molecular flexibility index (Phi) is 7.94. The Labute approximate surface area is 181 Å². The molecule has 1 aliphatic heterocycles. The van der Waals surface area contributed by atoms with Crippen molar-refractivity contribution in [3.05, 3.63) is 33.4 Å². The predicted molar refractivity (Wildman–Crippen MR) is 104 cm³/mol. The lowest BCUT2D eigenvalue weighted by Gasteiger charge is -2.17. The van der Waals surface area contributed by atoms with Crippen LogP contribution in [0.3, 0.4) is 0 Å². The highest BCUT2D eigenvalue weighted by molar-refractivity contribution is 6.01. The fourth-order valence-corrected chi connectivity index (χ4v) is 2.63. The summed E-state index contributed by atoms with van der Waals surface area (Å²) in [6, 6.07) is 3.67.